The van der Waals surface area contributed by atoms with Gasteiger partial charge in [0, 0.05) is 0 Å². The molecule has 2 N–H and O–H groups in total. The maximum Gasteiger partial charge on any atom is 0.358 e. The van der Waals surface area contributed by atoms with Crippen LogP contribution >= 0.6 is 0 Å². The maximum atomic E-state index is 11.1. The molecule has 0 aromatic heterocycles. The first-order valence-electron chi connectivity index (χ1n) is 4.30. The average molecular weight is 209 g/mol. The predicted molar refractivity (Wildman–Crippen MR) is 52.5 cm³/mol. The summed E-state index contributed by atoms with van der Waals surface area (Å²) in [7, 11) is 0. The van der Waals surface area contributed by atoms with E-state index in [0.29, 0.717) is 0 Å². The maximum absolute atomic E-state index is 11.1. The van der Waals surface area contributed by atoms with Crippen LogP contribution in [0.3, 0.4) is 0 Å². The molecule has 0 bridgehead atoms. The van der Waals surface area contributed by atoms with Crippen LogP contribution in [0.25, 0.3) is 0 Å². The zero-order valence-corrected chi connectivity index (χ0v) is 7.96. The summed E-state index contributed by atoms with van der Waals surface area (Å²) in [4.78, 5) is 11.1. The van der Waals surface area contributed by atoms with Crippen LogP contribution in [0.4, 0.5) is 0 Å². The summed E-state index contributed by atoms with van der Waals surface area (Å²) < 4.78 is 4.78. The Labute approximate surface area is 86.6 Å². The van der Waals surface area contributed by atoms with Crippen LogP contribution in [-0.4, -0.2) is 28.6 Å². The Balaban J connectivity index is 2.48. The highest BCUT2D eigenvalue weighted by molar-refractivity contribution is 6.36. The molecule has 0 fully saturated rings. The third-order valence-corrected chi connectivity index (χ3v) is 1.72. The number of aliphatic hydroxyl groups is 1. The molecule has 5 heteroatoms. The van der Waals surface area contributed by atoms with Gasteiger partial charge < -0.3 is 15.1 Å². The number of aliphatic hydroxyl groups excluding tert-OH is 1. The highest BCUT2D eigenvalue weighted by Gasteiger charge is 2.12. The first-order valence-corrected chi connectivity index (χ1v) is 4.30. The molecule has 0 spiro atoms. The van der Waals surface area contributed by atoms with E-state index in [2.05, 4.69) is 5.16 Å². The molecule has 1 rings (SSSR count). The molecule has 0 saturated carbocycles. The van der Waals surface area contributed by atoms with Gasteiger partial charge in [-0.05, 0) is 5.56 Å². The zero-order chi connectivity index (χ0) is 11.1. The molecule has 5 nitrogen and oxygen atoms in total. The molecule has 1 aromatic rings. The molecule has 0 heterocycles. The van der Waals surface area contributed by atoms with Gasteiger partial charge in [-0.1, -0.05) is 35.5 Å². The van der Waals surface area contributed by atoms with Crippen molar-refractivity contribution < 1.29 is 19.8 Å². The molecule has 0 saturated heterocycles. The van der Waals surface area contributed by atoms with Gasteiger partial charge in [0.15, 0.2) is 5.71 Å². The Kier molecular flexibility index (Phi) is 4.30. The van der Waals surface area contributed by atoms with Crippen molar-refractivity contribution in [1.82, 2.24) is 0 Å². The summed E-state index contributed by atoms with van der Waals surface area (Å²) in [5, 5.41) is 19.5. The van der Waals surface area contributed by atoms with Crippen LogP contribution in [0.5, 0.6) is 0 Å². The lowest BCUT2D eigenvalue weighted by Crippen LogP contribution is -2.20. The second-order valence-corrected chi connectivity index (χ2v) is 2.77. The van der Waals surface area contributed by atoms with Crippen LogP contribution in [-0.2, 0) is 16.1 Å². The van der Waals surface area contributed by atoms with E-state index < -0.39 is 18.3 Å². The topological polar surface area (TPSA) is 79.1 Å². The lowest BCUT2D eigenvalue weighted by Gasteiger charge is -2.03. The fraction of sp³-hybridized carbons (Fsp3) is 0.200. The van der Waals surface area contributed by atoms with Gasteiger partial charge in [-0.2, -0.15) is 0 Å². The Bertz CT molecular complexity index is 348. The largest absolute Gasteiger partial charge is 0.456 e. The monoisotopic (exact) mass is 209 g/mol. The molecule has 0 aliphatic rings. The van der Waals surface area contributed by atoms with Crippen LogP contribution in [0.15, 0.2) is 35.5 Å². The van der Waals surface area contributed by atoms with Crippen LogP contribution in [0.1, 0.15) is 5.56 Å². The van der Waals surface area contributed by atoms with Gasteiger partial charge in [-0.3, -0.25) is 0 Å². The lowest BCUT2D eigenvalue weighted by molar-refractivity contribution is -0.137. The van der Waals surface area contributed by atoms with Gasteiger partial charge in [0.2, 0.25) is 0 Å². The van der Waals surface area contributed by atoms with E-state index in [-0.39, 0.29) is 6.61 Å². The number of oxime groups is 1. The quantitative estimate of drug-likeness (QED) is 0.328. The van der Waals surface area contributed by atoms with Gasteiger partial charge in [0.05, 0.1) is 6.61 Å². The molecular weight excluding hydrogens is 198 g/mol. The Hall–Kier alpha value is -1.88. The van der Waals surface area contributed by atoms with Gasteiger partial charge >= 0.3 is 5.97 Å². The molecule has 0 amide bonds. The van der Waals surface area contributed by atoms with Crippen molar-refractivity contribution in [3.63, 3.8) is 0 Å². The number of ether oxygens (including phenoxy) is 1. The minimum absolute atomic E-state index is 0.0820. The highest BCUT2D eigenvalue weighted by atomic mass is 16.5. The molecule has 1 aromatic carbocycles. The van der Waals surface area contributed by atoms with Crippen molar-refractivity contribution in [2.24, 2.45) is 5.16 Å². The Morgan fingerprint density at radius 2 is 2.00 bits per heavy atom. The summed E-state index contributed by atoms with van der Waals surface area (Å²) in [6, 6.07) is 9.07. The number of esters is 1. The van der Waals surface area contributed by atoms with E-state index in [9.17, 15) is 4.79 Å². The van der Waals surface area contributed by atoms with Crippen molar-refractivity contribution in [3.05, 3.63) is 35.9 Å². The van der Waals surface area contributed by atoms with Gasteiger partial charge in [-0.25, -0.2) is 4.79 Å². The summed E-state index contributed by atoms with van der Waals surface area (Å²) in [5.41, 5.74) is 0.409. The van der Waals surface area contributed by atoms with E-state index >= 15 is 0 Å². The van der Waals surface area contributed by atoms with Crippen molar-refractivity contribution in [3.8, 4) is 0 Å². The molecule has 0 radical (unpaired) electrons. The number of carbonyl (C=O) groups is 1. The normalized spacial score (nSPS) is 11.1. The van der Waals surface area contributed by atoms with E-state index in [1.807, 2.05) is 18.2 Å². The summed E-state index contributed by atoms with van der Waals surface area (Å²) in [6.45, 7) is -0.567. The molecule has 0 aliphatic carbocycles. The summed E-state index contributed by atoms with van der Waals surface area (Å²) in [6.07, 6.45) is 0. The minimum Gasteiger partial charge on any atom is -0.456 e. The third kappa shape index (κ3) is 3.40. The van der Waals surface area contributed by atoms with Crippen molar-refractivity contribution in [2.45, 2.75) is 6.61 Å². The number of hydrogen-bond acceptors (Lipinski definition) is 5. The Morgan fingerprint density at radius 1 is 1.33 bits per heavy atom. The smallest absolute Gasteiger partial charge is 0.358 e. The standard InChI is InChI=1S/C10H11NO4/c12-6-9(11-14)10(13)15-7-8-4-2-1-3-5-8/h1-5,12,14H,6-7H2/b11-9+. The highest BCUT2D eigenvalue weighted by Crippen LogP contribution is 2.00. The SMILES string of the molecule is O=C(OCc1ccccc1)/C(CO)=N/O. The summed E-state index contributed by atoms with van der Waals surface area (Å²) >= 11 is 0. The number of hydrogen-bond donors (Lipinski definition) is 2. The van der Waals surface area contributed by atoms with E-state index in [1.165, 1.54) is 0 Å². The fourth-order valence-electron chi connectivity index (χ4n) is 0.943. The number of benzene rings is 1. The molecular formula is C10H11NO4. The summed E-state index contributed by atoms with van der Waals surface area (Å²) in [5.74, 6) is -0.830. The molecule has 80 valence electrons. The average Bonchev–Trinajstić information content (AvgIpc) is 2.29. The second-order valence-electron chi connectivity index (χ2n) is 2.77. The second kappa shape index (κ2) is 5.77. The molecule has 0 atom stereocenters. The van der Waals surface area contributed by atoms with Crippen LogP contribution in [0, 0.1) is 0 Å². The van der Waals surface area contributed by atoms with Gasteiger partial charge in [0.25, 0.3) is 0 Å². The van der Waals surface area contributed by atoms with Crippen LogP contribution in [0.2, 0.25) is 0 Å². The van der Waals surface area contributed by atoms with E-state index in [4.69, 9.17) is 15.1 Å². The number of rotatable bonds is 4. The number of nitrogens with zero attached hydrogens (tertiary/aromatic N) is 1. The number of carbonyl (C=O) groups excluding carboxylic acids is 1. The van der Waals surface area contributed by atoms with E-state index in [1.54, 1.807) is 12.1 Å². The Morgan fingerprint density at radius 3 is 2.53 bits per heavy atom. The van der Waals surface area contributed by atoms with E-state index in [0.717, 1.165) is 5.56 Å². The van der Waals surface area contributed by atoms with Crippen molar-refractivity contribution in [2.75, 3.05) is 6.61 Å². The van der Waals surface area contributed by atoms with Gasteiger partial charge in [0.1, 0.15) is 6.61 Å². The first-order chi connectivity index (χ1) is 7.27. The van der Waals surface area contributed by atoms with Crippen LogP contribution < -0.4 is 0 Å². The van der Waals surface area contributed by atoms with Crippen molar-refractivity contribution in [1.29, 1.82) is 0 Å². The fourth-order valence-corrected chi connectivity index (χ4v) is 0.943. The van der Waals surface area contributed by atoms with Crippen molar-refractivity contribution >= 4 is 11.7 Å². The van der Waals surface area contributed by atoms with Gasteiger partial charge in [-0.15, -0.1) is 0 Å². The molecule has 0 aliphatic heterocycles. The predicted octanol–water partition coefficient (Wildman–Crippen LogP) is 0.552. The lowest BCUT2D eigenvalue weighted by atomic mass is 10.2. The minimum atomic E-state index is -0.830. The third-order valence-electron chi connectivity index (χ3n) is 1.72. The first kappa shape index (κ1) is 11.2. The molecule has 15 heavy (non-hydrogen) atoms. The zero-order valence-electron chi connectivity index (χ0n) is 7.96. The molecule has 0 unspecified atom stereocenters.